The number of carbonyl (C=O) groups is 1. The molecular formula is C17H23ClN2O3. The summed E-state index contributed by atoms with van der Waals surface area (Å²) >= 11 is 0. The summed E-state index contributed by atoms with van der Waals surface area (Å²) in [6.45, 7) is 6.68. The Labute approximate surface area is 142 Å². The van der Waals surface area contributed by atoms with Crippen LogP contribution in [0.2, 0.25) is 0 Å². The van der Waals surface area contributed by atoms with Crippen molar-refractivity contribution in [1.29, 1.82) is 0 Å². The molecule has 0 fully saturated rings. The minimum atomic E-state index is -0.481. The Kier molecular flexibility index (Phi) is 7.13. The molecular weight excluding hydrogens is 316 g/mol. The van der Waals surface area contributed by atoms with Gasteiger partial charge in [-0.05, 0) is 44.5 Å². The van der Waals surface area contributed by atoms with Crippen molar-refractivity contribution in [2.75, 3.05) is 6.61 Å². The van der Waals surface area contributed by atoms with E-state index in [2.05, 4.69) is 18.3 Å². The molecule has 126 valence electrons. The van der Waals surface area contributed by atoms with Gasteiger partial charge >= 0.3 is 0 Å². The fraction of sp³-hybridized carbons (Fsp3) is 0.353. The van der Waals surface area contributed by atoms with Crippen molar-refractivity contribution in [3.8, 4) is 5.75 Å². The van der Waals surface area contributed by atoms with Crippen LogP contribution in [-0.4, -0.2) is 12.5 Å². The van der Waals surface area contributed by atoms with Crippen molar-refractivity contribution in [2.45, 2.75) is 33.4 Å². The van der Waals surface area contributed by atoms with E-state index in [0.717, 1.165) is 23.6 Å². The second-order valence-electron chi connectivity index (χ2n) is 5.37. The van der Waals surface area contributed by atoms with E-state index in [1.54, 1.807) is 0 Å². The topological polar surface area (TPSA) is 77.5 Å². The van der Waals surface area contributed by atoms with Crippen molar-refractivity contribution >= 4 is 18.3 Å². The zero-order valence-electron chi connectivity index (χ0n) is 13.6. The molecule has 1 heterocycles. The maximum Gasteiger partial charge on any atom is 0.255 e. The molecule has 3 N–H and O–H groups in total. The highest BCUT2D eigenvalue weighted by Gasteiger charge is 2.12. The van der Waals surface area contributed by atoms with Crippen LogP contribution >= 0.6 is 12.4 Å². The summed E-state index contributed by atoms with van der Waals surface area (Å²) in [6.07, 6.45) is 0. The number of hydrogen-bond acceptors (Lipinski definition) is 4. The average Bonchev–Trinajstić information content (AvgIpc) is 2.82. The number of ether oxygens (including phenoxy) is 1. The SMILES string of the molecule is Cc1cc(C(C)NCc2ccc(OCC(N)=O)cc2)c(C)o1.Cl. The van der Waals surface area contributed by atoms with E-state index in [0.29, 0.717) is 5.75 Å². The van der Waals surface area contributed by atoms with Crippen molar-refractivity contribution in [3.05, 3.63) is 53.0 Å². The summed E-state index contributed by atoms with van der Waals surface area (Å²) in [5.41, 5.74) is 7.35. The molecule has 1 aromatic carbocycles. The van der Waals surface area contributed by atoms with Gasteiger partial charge in [-0.25, -0.2) is 0 Å². The summed E-state index contributed by atoms with van der Waals surface area (Å²) < 4.78 is 10.8. The van der Waals surface area contributed by atoms with E-state index in [1.165, 1.54) is 5.56 Å². The van der Waals surface area contributed by atoms with E-state index < -0.39 is 5.91 Å². The van der Waals surface area contributed by atoms with Gasteiger partial charge in [-0.2, -0.15) is 0 Å². The first kappa shape index (κ1) is 19.1. The Morgan fingerprint density at radius 1 is 1.30 bits per heavy atom. The maximum atomic E-state index is 10.7. The van der Waals surface area contributed by atoms with Crippen LogP contribution in [0.5, 0.6) is 5.75 Å². The third kappa shape index (κ3) is 5.62. The van der Waals surface area contributed by atoms with Crippen molar-refractivity contribution < 1.29 is 13.9 Å². The standard InChI is InChI=1S/C17H22N2O3.ClH/c1-11-8-16(13(3)22-11)12(2)19-9-14-4-6-15(7-5-14)21-10-17(18)20;/h4-8,12,19H,9-10H2,1-3H3,(H2,18,20);1H. The predicted octanol–water partition coefficient (Wildman–Crippen LogP) is 3.03. The number of rotatable bonds is 7. The van der Waals surface area contributed by atoms with Gasteiger partial charge in [0.1, 0.15) is 17.3 Å². The third-order valence-electron chi connectivity index (χ3n) is 3.46. The van der Waals surface area contributed by atoms with Crippen molar-refractivity contribution in [2.24, 2.45) is 5.73 Å². The number of halogens is 1. The lowest BCUT2D eigenvalue weighted by atomic mass is 10.1. The second kappa shape index (κ2) is 8.60. The number of primary amides is 1. The highest BCUT2D eigenvalue weighted by molar-refractivity contribution is 5.85. The molecule has 5 nitrogen and oxygen atoms in total. The molecule has 0 spiro atoms. The van der Waals surface area contributed by atoms with Gasteiger partial charge in [0.25, 0.3) is 5.91 Å². The molecule has 2 aromatic rings. The Morgan fingerprint density at radius 3 is 2.48 bits per heavy atom. The van der Waals surface area contributed by atoms with Crippen LogP contribution in [0.15, 0.2) is 34.7 Å². The van der Waals surface area contributed by atoms with Gasteiger partial charge in [0.2, 0.25) is 0 Å². The lowest BCUT2D eigenvalue weighted by molar-refractivity contribution is -0.119. The number of nitrogens with one attached hydrogen (secondary N) is 1. The molecule has 1 aromatic heterocycles. The molecule has 0 radical (unpaired) electrons. The van der Waals surface area contributed by atoms with Crippen LogP contribution < -0.4 is 15.8 Å². The molecule has 0 bridgehead atoms. The van der Waals surface area contributed by atoms with Gasteiger partial charge in [-0.1, -0.05) is 12.1 Å². The van der Waals surface area contributed by atoms with Crippen LogP contribution in [0.1, 0.15) is 35.6 Å². The second-order valence-corrected chi connectivity index (χ2v) is 5.37. The first-order valence-corrected chi connectivity index (χ1v) is 7.26. The zero-order chi connectivity index (χ0) is 16.1. The lowest BCUT2D eigenvalue weighted by Gasteiger charge is -2.13. The van der Waals surface area contributed by atoms with E-state index >= 15 is 0 Å². The number of nitrogens with two attached hydrogens (primary N) is 1. The Bertz CT molecular complexity index is 638. The van der Waals surface area contributed by atoms with Gasteiger partial charge < -0.3 is 20.2 Å². The first-order chi connectivity index (χ1) is 10.5. The molecule has 2 rings (SSSR count). The predicted molar refractivity (Wildman–Crippen MR) is 91.8 cm³/mol. The van der Waals surface area contributed by atoms with E-state index in [1.807, 2.05) is 38.1 Å². The molecule has 1 unspecified atom stereocenters. The van der Waals surface area contributed by atoms with E-state index in [-0.39, 0.29) is 25.1 Å². The lowest BCUT2D eigenvalue weighted by Crippen LogP contribution is -2.20. The molecule has 1 atom stereocenters. The summed E-state index contributed by atoms with van der Waals surface area (Å²) in [6, 6.07) is 9.86. The first-order valence-electron chi connectivity index (χ1n) is 7.26. The third-order valence-corrected chi connectivity index (χ3v) is 3.46. The minimum absolute atomic E-state index is 0. The van der Waals surface area contributed by atoms with Gasteiger partial charge in [-0.3, -0.25) is 4.79 Å². The minimum Gasteiger partial charge on any atom is -0.484 e. The maximum absolute atomic E-state index is 10.7. The normalized spacial score (nSPS) is 11.6. The number of aryl methyl sites for hydroxylation is 2. The highest BCUT2D eigenvalue weighted by Crippen LogP contribution is 2.21. The highest BCUT2D eigenvalue weighted by atomic mass is 35.5. The quantitative estimate of drug-likeness (QED) is 0.813. The van der Waals surface area contributed by atoms with E-state index in [9.17, 15) is 4.79 Å². The molecule has 23 heavy (non-hydrogen) atoms. The molecule has 0 saturated carbocycles. The number of carbonyl (C=O) groups excluding carboxylic acids is 1. The van der Waals surface area contributed by atoms with Crippen molar-refractivity contribution in [3.63, 3.8) is 0 Å². The smallest absolute Gasteiger partial charge is 0.255 e. The largest absolute Gasteiger partial charge is 0.484 e. The van der Waals surface area contributed by atoms with Crippen molar-refractivity contribution in [1.82, 2.24) is 5.32 Å². The van der Waals surface area contributed by atoms with Gasteiger partial charge in [-0.15, -0.1) is 12.4 Å². The molecule has 0 saturated heterocycles. The molecule has 0 aliphatic heterocycles. The zero-order valence-corrected chi connectivity index (χ0v) is 14.4. The summed E-state index contributed by atoms with van der Waals surface area (Å²) in [5.74, 6) is 2.03. The number of amides is 1. The number of benzene rings is 1. The number of hydrogen-bond donors (Lipinski definition) is 2. The van der Waals surface area contributed by atoms with Crippen LogP contribution in [-0.2, 0) is 11.3 Å². The number of furan rings is 1. The summed E-state index contributed by atoms with van der Waals surface area (Å²) in [7, 11) is 0. The van der Waals surface area contributed by atoms with Crippen LogP contribution in [0, 0.1) is 13.8 Å². The van der Waals surface area contributed by atoms with Crippen LogP contribution in [0.25, 0.3) is 0 Å². The fourth-order valence-electron chi connectivity index (χ4n) is 2.32. The molecule has 0 aliphatic carbocycles. The summed E-state index contributed by atoms with van der Waals surface area (Å²) in [4.78, 5) is 10.7. The fourth-order valence-corrected chi connectivity index (χ4v) is 2.32. The van der Waals surface area contributed by atoms with Gasteiger partial charge in [0.05, 0.1) is 0 Å². The van der Waals surface area contributed by atoms with Crippen LogP contribution in [0.3, 0.4) is 0 Å². The Balaban J connectivity index is 0.00000264. The Hall–Kier alpha value is -1.98. The molecule has 0 aliphatic rings. The molecule has 1 amide bonds. The van der Waals surface area contributed by atoms with Crippen LogP contribution in [0.4, 0.5) is 0 Å². The van der Waals surface area contributed by atoms with Gasteiger partial charge in [0, 0.05) is 18.2 Å². The van der Waals surface area contributed by atoms with Gasteiger partial charge in [0.15, 0.2) is 6.61 Å². The molecule has 6 heteroatoms. The average molecular weight is 339 g/mol. The summed E-state index contributed by atoms with van der Waals surface area (Å²) in [5, 5.41) is 3.46. The van der Waals surface area contributed by atoms with E-state index in [4.69, 9.17) is 14.9 Å². The monoisotopic (exact) mass is 338 g/mol. The Morgan fingerprint density at radius 2 is 1.96 bits per heavy atom.